The van der Waals surface area contributed by atoms with Crippen LogP contribution in [0.2, 0.25) is 0 Å². The topological polar surface area (TPSA) is 97.1 Å². The van der Waals surface area contributed by atoms with E-state index in [9.17, 15) is 14.7 Å². The summed E-state index contributed by atoms with van der Waals surface area (Å²) in [5.74, 6) is -1.43. The van der Waals surface area contributed by atoms with Crippen molar-refractivity contribution in [2.24, 2.45) is 7.05 Å². The van der Waals surface area contributed by atoms with E-state index in [4.69, 9.17) is 0 Å². The molecular formula is C16H22N4O3. The van der Waals surface area contributed by atoms with E-state index in [1.807, 2.05) is 13.8 Å². The molecule has 0 aliphatic rings. The van der Waals surface area contributed by atoms with Crippen LogP contribution in [0.4, 0.5) is 0 Å². The maximum Gasteiger partial charge on any atom is 0.326 e. The molecule has 2 aromatic rings. The molecule has 0 aliphatic carbocycles. The highest BCUT2D eigenvalue weighted by molar-refractivity contribution is 6.00. The Kier molecular flexibility index (Phi) is 4.98. The van der Waals surface area contributed by atoms with Gasteiger partial charge in [0.25, 0.3) is 5.91 Å². The van der Waals surface area contributed by atoms with E-state index in [2.05, 4.69) is 15.4 Å². The van der Waals surface area contributed by atoms with E-state index in [1.165, 1.54) is 0 Å². The lowest BCUT2D eigenvalue weighted by Crippen LogP contribution is -2.41. The molecule has 0 aliphatic heterocycles. The van der Waals surface area contributed by atoms with Crippen LogP contribution < -0.4 is 5.32 Å². The molecule has 0 bridgehead atoms. The van der Waals surface area contributed by atoms with Gasteiger partial charge in [0, 0.05) is 12.4 Å². The van der Waals surface area contributed by atoms with Gasteiger partial charge in [0.15, 0.2) is 5.65 Å². The smallest absolute Gasteiger partial charge is 0.326 e. The number of pyridine rings is 1. The van der Waals surface area contributed by atoms with Gasteiger partial charge >= 0.3 is 5.97 Å². The number of carboxylic acids is 1. The third-order valence-corrected chi connectivity index (χ3v) is 3.88. The molecule has 7 nitrogen and oxygen atoms in total. The van der Waals surface area contributed by atoms with Crippen molar-refractivity contribution in [1.82, 2.24) is 20.1 Å². The summed E-state index contributed by atoms with van der Waals surface area (Å²) in [6.45, 7) is 5.56. The van der Waals surface area contributed by atoms with Crippen molar-refractivity contribution in [3.63, 3.8) is 0 Å². The number of aryl methyl sites for hydroxylation is 3. The average molecular weight is 318 g/mol. The van der Waals surface area contributed by atoms with Crippen molar-refractivity contribution >= 4 is 22.9 Å². The zero-order valence-electron chi connectivity index (χ0n) is 13.9. The third-order valence-electron chi connectivity index (χ3n) is 3.88. The highest BCUT2D eigenvalue weighted by Crippen LogP contribution is 2.19. The second-order valence-electron chi connectivity index (χ2n) is 5.71. The molecule has 0 spiro atoms. The minimum absolute atomic E-state index is 0.386. The van der Waals surface area contributed by atoms with E-state index in [1.54, 1.807) is 24.7 Å². The van der Waals surface area contributed by atoms with Crippen molar-refractivity contribution in [3.8, 4) is 0 Å². The van der Waals surface area contributed by atoms with Gasteiger partial charge in [-0.05, 0) is 26.3 Å². The maximum atomic E-state index is 12.5. The number of hydrogen-bond acceptors (Lipinski definition) is 4. The molecule has 0 saturated heterocycles. The number of amides is 1. The van der Waals surface area contributed by atoms with Crippen LogP contribution in [0.5, 0.6) is 0 Å². The lowest BCUT2D eigenvalue weighted by molar-refractivity contribution is -0.139. The molecule has 7 heteroatoms. The van der Waals surface area contributed by atoms with Crippen molar-refractivity contribution in [3.05, 3.63) is 23.0 Å². The Balaban J connectivity index is 2.31. The number of carbonyl (C=O) groups is 2. The van der Waals surface area contributed by atoms with E-state index < -0.39 is 17.9 Å². The molecule has 0 saturated carbocycles. The van der Waals surface area contributed by atoms with Gasteiger partial charge in [-0.25, -0.2) is 9.78 Å². The van der Waals surface area contributed by atoms with Crippen molar-refractivity contribution in [2.45, 2.75) is 46.1 Å². The number of nitrogens with one attached hydrogen (secondary N) is 1. The summed E-state index contributed by atoms with van der Waals surface area (Å²) in [5, 5.41) is 16.9. The fraction of sp³-hybridized carbons (Fsp3) is 0.500. The summed E-state index contributed by atoms with van der Waals surface area (Å²) in [6, 6.07) is 0.848. The number of nitrogens with zero attached hydrogens (tertiary/aromatic N) is 3. The molecule has 2 aromatic heterocycles. The molecule has 0 aromatic carbocycles. The van der Waals surface area contributed by atoms with Crippen LogP contribution >= 0.6 is 0 Å². The summed E-state index contributed by atoms with van der Waals surface area (Å²) >= 11 is 0. The summed E-state index contributed by atoms with van der Waals surface area (Å²) < 4.78 is 1.67. The Morgan fingerprint density at radius 2 is 2.04 bits per heavy atom. The van der Waals surface area contributed by atoms with Crippen molar-refractivity contribution < 1.29 is 14.7 Å². The van der Waals surface area contributed by atoms with Crippen LogP contribution in [-0.4, -0.2) is 37.8 Å². The van der Waals surface area contributed by atoms with Crippen LogP contribution in [0.25, 0.3) is 11.0 Å². The second kappa shape index (κ2) is 6.76. The van der Waals surface area contributed by atoms with Crippen LogP contribution in [0.15, 0.2) is 6.07 Å². The van der Waals surface area contributed by atoms with Crippen molar-refractivity contribution in [1.29, 1.82) is 0 Å². The summed E-state index contributed by atoms with van der Waals surface area (Å²) in [7, 11) is 1.80. The van der Waals surface area contributed by atoms with E-state index in [0.717, 1.165) is 23.9 Å². The Morgan fingerprint density at radius 1 is 1.35 bits per heavy atom. The van der Waals surface area contributed by atoms with Gasteiger partial charge in [-0.3, -0.25) is 9.48 Å². The van der Waals surface area contributed by atoms with Gasteiger partial charge in [-0.1, -0.05) is 19.8 Å². The monoisotopic (exact) mass is 318 g/mol. The third kappa shape index (κ3) is 3.49. The fourth-order valence-corrected chi connectivity index (χ4v) is 2.56. The summed E-state index contributed by atoms with van der Waals surface area (Å²) in [5.41, 5.74) is 2.43. The zero-order chi connectivity index (χ0) is 17.1. The summed E-state index contributed by atoms with van der Waals surface area (Å²) in [4.78, 5) is 28.2. The predicted molar refractivity (Wildman–Crippen MR) is 86.4 cm³/mol. The largest absolute Gasteiger partial charge is 0.480 e. The first kappa shape index (κ1) is 16.9. The number of unbranched alkanes of at least 4 members (excludes halogenated alkanes) is 1. The van der Waals surface area contributed by atoms with Crippen LogP contribution in [-0.2, 0) is 11.8 Å². The van der Waals surface area contributed by atoms with Crippen LogP contribution in [0.3, 0.4) is 0 Å². The number of hydrogen-bond donors (Lipinski definition) is 2. The average Bonchev–Trinajstić information content (AvgIpc) is 2.76. The molecule has 1 amide bonds. The Morgan fingerprint density at radius 3 is 2.65 bits per heavy atom. The molecule has 2 heterocycles. The molecule has 124 valence electrons. The van der Waals surface area contributed by atoms with Gasteiger partial charge in [0.2, 0.25) is 0 Å². The lowest BCUT2D eigenvalue weighted by Gasteiger charge is -2.15. The highest BCUT2D eigenvalue weighted by Gasteiger charge is 2.22. The highest BCUT2D eigenvalue weighted by atomic mass is 16.4. The van der Waals surface area contributed by atoms with Gasteiger partial charge in [0.1, 0.15) is 6.04 Å². The SMILES string of the molecule is CCCCC(NC(=O)c1cc2c(C)nn(C)c2nc1C)C(=O)O. The van der Waals surface area contributed by atoms with Gasteiger partial charge < -0.3 is 10.4 Å². The molecule has 1 atom stereocenters. The van der Waals surface area contributed by atoms with Gasteiger partial charge in [-0.2, -0.15) is 5.10 Å². The van der Waals surface area contributed by atoms with Gasteiger partial charge in [-0.15, -0.1) is 0 Å². The maximum absolute atomic E-state index is 12.5. The molecule has 23 heavy (non-hydrogen) atoms. The molecule has 0 radical (unpaired) electrons. The predicted octanol–water partition coefficient (Wildman–Crippen LogP) is 1.96. The summed E-state index contributed by atoms with van der Waals surface area (Å²) in [6.07, 6.45) is 2.04. The molecule has 2 N–H and O–H groups in total. The van der Waals surface area contributed by atoms with E-state index >= 15 is 0 Å². The number of carboxylic acid groups (broad SMARTS) is 1. The number of aliphatic carboxylic acids is 1. The first-order valence-corrected chi connectivity index (χ1v) is 7.69. The Bertz CT molecular complexity index is 751. The fourth-order valence-electron chi connectivity index (χ4n) is 2.56. The quantitative estimate of drug-likeness (QED) is 0.848. The molecule has 1 unspecified atom stereocenters. The Hall–Kier alpha value is -2.44. The first-order chi connectivity index (χ1) is 10.8. The number of rotatable bonds is 6. The van der Waals surface area contributed by atoms with Crippen LogP contribution in [0.1, 0.15) is 47.9 Å². The molecule has 2 rings (SSSR count). The van der Waals surface area contributed by atoms with Gasteiger partial charge in [0.05, 0.1) is 17.0 Å². The van der Waals surface area contributed by atoms with E-state index in [0.29, 0.717) is 23.3 Å². The molecule has 0 fully saturated rings. The molecular weight excluding hydrogens is 296 g/mol. The number of fused-ring (bicyclic) bond motifs is 1. The Labute approximate surface area is 134 Å². The zero-order valence-corrected chi connectivity index (χ0v) is 13.9. The lowest BCUT2D eigenvalue weighted by atomic mass is 10.1. The van der Waals surface area contributed by atoms with Crippen molar-refractivity contribution in [2.75, 3.05) is 0 Å². The standard InChI is InChI=1S/C16H22N4O3/c1-5-6-7-13(16(22)23)18-15(21)12-8-11-10(3)19-20(4)14(11)17-9(12)2/h8,13H,5-7H2,1-4H3,(H,18,21)(H,22,23). The van der Waals surface area contributed by atoms with E-state index in [-0.39, 0.29) is 0 Å². The number of carbonyl (C=O) groups excluding carboxylic acids is 1. The van der Waals surface area contributed by atoms with Crippen LogP contribution in [0, 0.1) is 13.8 Å². The first-order valence-electron chi connectivity index (χ1n) is 7.69. The normalized spacial score (nSPS) is 12.3. The second-order valence-corrected chi connectivity index (χ2v) is 5.71. The minimum atomic E-state index is -1.02. The minimum Gasteiger partial charge on any atom is -0.480 e. The number of aromatic nitrogens is 3.